The van der Waals surface area contributed by atoms with Crippen LogP contribution in [0, 0.1) is 3.57 Å². The topological polar surface area (TPSA) is 30.0 Å². The van der Waals surface area contributed by atoms with E-state index >= 15 is 0 Å². The zero-order valence-electron chi connectivity index (χ0n) is 8.15. The SMILES string of the molecule is O=C(c1ccccn1)c1ccc(Cl)cc1I. The molecule has 0 spiro atoms. The van der Waals surface area contributed by atoms with E-state index in [1.165, 1.54) is 0 Å². The second-order valence-electron chi connectivity index (χ2n) is 3.17. The summed E-state index contributed by atoms with van der Waals surface area (Å²) in [5.41, 5.74) is 1.08. The Kier molecular flexibility index (Phi) is 3.56. The molecule has 2 rings (SSSR count). The lowest BCUT2D eigenvalue weighted by molar-refractivity contribution is 0.103. The molecule has 0 bridgehead atoms. The van der Waals surface area contributed by atoms with Crippen LogP contribution >= 0.6 is 34.2 Å². The largest absolute Gasteiger partial charge is 0.287 e. The first-order valence-electron chi connectivity index (χ1n) is 4.59. The highest BCUT2D eigenvalue weighted by Crippen LogP contribution is 2.20. The van der Waals surface area contributed by atoms with Crippen LogP contribution in [0.5, 0.6) is 0 Å². The summed E-state index contributed by atoms with van der Waals surface area (Å²) in [6.07, 6.45) is 1.61. The zero-order chi connectivity index (χ0) is 11.5. The molecule has 1 aromatic carbocycles. The van der Waals surface area contributed by atoms with Crippen LogP contribution in [-0.4, -0.2) is 10.8 Å². The number of rotatable bonds is 2. The lowest BCUT2D eigenvalue weighted by atomic mass is 10.1. The first kappa shape index (κ1) is 11.5. The average Bonchev–Trinajstić information content (AvgIpc) is 2.29. The molecule has 4 heteroatoms. The molecule has 16 heavy (non-hydrogen) atoms. The summed E-state index contributed by atoms with van der Waals surface area (Å²) in [6, 6.07) is 10.5. The third kappa shape index (κ3) is 2.41. The molecule has 0 radical (unpaired) electrons. The van der Waals surface area contributed by atoms with E-state index in [1.807, 2.05) is 0 Å². The average molecular weight is 344 g/mol. The molecular formula is C12H7ClINO. The summed E-state index contributed by atoms with van der Waals surface area (Å²) in [5.74, 6) is -0.0818. The summed E-state index contributed by atoms with van der Waals surface area (Å²) >= 11 is 7.93. The Morgan fingerprint density at radius 1 is 1.25 bits per heavy atom. The van der Waals surface area contributed by atoms with Gasteiger partial charge in [0.05, 0.1) is 0 Å². The normalized spacial score (nSPS) is 10.1. The molecule has 0 atom stereocenters. The van der Waals surface area contributed by atoms with Crippen molar-refractivity contribution >= 4 is 40.0 Å². The minimum atomic E-state index is -0.0818. The molecule has 0 aliphatic rings. The van der Waals surface area contributed by atoms with E-state index in [2.05, 4.69) is 27.6 Å². The molecule has 2 nitrogen and oxygen atoms in total. The predicted octanol–water partition coefficient (Wildman–Crippen LogP) is 3.57. The van der Waals surface area contributed by atoms with Gasteiger partial charge in [-0.05, 0) is 52.9 Å². The van der Waals surface area contributed by atoms with Gasteiger partial charge in [0.1, 0.15) is 5.69 Å². The highest BCUT2D eigenvalue weighted by molar-refractivity contribution is 14.1. The van der Waals surface area contributed by atoms with E-state index in [1.54, 1.807) is 42.6 Å². The fraction of sp³-hybridized carbons (Fsp3) is 0. The summed E-state index contributed by atoms with van der Waals surface area (Å²) < 4.78 is 0.834. The molecule has 0 unspecified atom stereocenters. The first-order valence-corrected chi connectivity index (χ1v) is 6.05. The Balaban J connectivity index is 2.42. The van der Waals surface area contributed by atoms with Gasteiger partial charge in [0.15, 0.2) is 0 Å². The highest BCUT2D eigenvalue weighted by atomic mass is 127. The quantitative estimate of drug-likeness (QED) is 0.616. The molecule has 0 N–H and O–H groups in total. The Bertz CT molecular complexity index is 528. The second kappa shape index (κ2) is 4.93. The Morgan fingerprint density at radius 3 is 2.69 bits per heavy atom. The number of ketones is 1. The van der Waals surface area contributed by atoms with Gasteiger partial charge in [0.25, 0.3) is 0 Å². The van der Waals surface area contributed by atoms with Crippen molar-refractivity contribution in [2.45, 2.75) is 0 Å². The van der Waals surface area contributed by atoms with E-state index in [0.717, 1.165) is 3.57 Å². The van der Waals surface area contributed by atoms with Gasteiger partial charge >= 0.3 is 0 Å². The standard InChI is InChI=1S/C12H7ClINO/c13-8-4-5-9(10(14)7-8)12(16)11-3-1-2-6-15-11/h1-7H. The number of halogens is 2. The van der Waals surface area contributed by atoms with Crippen molar-refractivity contribution in [3.05, 3.63) is 62.4 Å². The van der Waals surface area contributed by atoms with Crippen molar-refractivity contribution in [3.8, 4) is 0 Å². The van der Waals surface area contributed by atoms with Crippen molar-refractivity contribution < 1.29 is 4.79 Å². The van der Waals surface area contributed by atoms with Crippen LogP contribution < -0.4 is 0 Å². The summed E-state index contributed by atoms with van der Waals surface area (Å²) in [7, 11) is 0. The number of hydrogen-bond acceptors (Lipinski definition) is 2. The maximum absolute atomic E-state index is 12.1. The molecule has 0 amide bonds. The van der Waals surface area contributed by atoms with Crippen LogP contribution in [0.3, 0.4) is 0 Å². The Hall–Kier alpha value is -0.940. The number of aromatic nitrogens is 1. The van der Waals surface area contributed by atoms with Crippen molar-refractivity contribution in [1.29, 1.82) is 0 Å². The van der Waals surface area contributed by atoms with Gasteiger partial charge in [0, 0.05) is 20.4 Å². The molecule has 0 aliphatic carbocycles. The molecule has 0 saturated heterocycles. The van der Waals surface area contributed by atoms with Crippen molar-refractivity contribution in [2.24, 2.45) is 0 Å². The number of nitrogens with zero attached hydrogens (tertiary/aromatic N) is 1. The molecular weight excluding hydrogens is 336 g/mol. The molecule has 0 fully saturated rings. The van der Waals surface area contributed by atoms with E-state index in [9.17, 15) is 4.79 Å². The van der Waals surface area contributed by atoms with Gasteiger partial charge in [-0.25, -0.2) is 0 Å². The third-order valence-electron chi connectivity index (χ3n) is 2.07. The number of carbonyl (C=O) groups is 1. The van der Waals surface area contributed by atoms with Gasteiger partial charge in [-0.2, -0.15) is 0 Å². The van der Waals surface area contributed by atoms with Crippen molar-refractivity contribution in [1.82, 2.24) is 4.98 Å². The molecule has 1 heterocycles. The van der Waals surface area contributed by atoms with Gasteiger partial charge < -0.3 is 0 Å². The summed E-state index contributed by atoms with van der Waals surface area (Å²) in [6.45, 7) is 0. The molecule has 0 saturated carbocycles. The van der Waals surface area contributed by atoms with Crippen LogP contribution in [0.4, 0.5) is 0 Å². The highest BCUT2D eigenvalue weighted by Gasteiger charge is 2.13. The minimum Gasteiger partial charge on any atom is -0.287 e. The number of pyridine rings is 1. The number of carbonyl (C=O) groups excluding carboxylic acids is 1. The van der Waals surface area contributed by atoms with E-state index < -0.39 is 0 Å². The maximum atomic E-state index is 12.1. The predicted molar refractivity (Wildman–Crippen MR) is 71.8 cm³/mol. The molecule has 2 aromatic rings. The lowest BCUT2D eigenvalue weighted by Crippen LogP contribution is -2.05. The minimum absolute atomic E-state index is 0.0818. The number of hydrogen-bond donors (Lipinski definition) is 0. The van der Waals surface area contributed by atoms with Crippen LogP contribution in [-0.2, 0) is 0 Å². The molecule has 0 aliphatic heterocycles. The van der Waals surface area contributed by atoms with Crippen molar-refractivity contribution in [2.75, 3.05) is 0 Å². The smallest absolute Gasteiger partial charge is 0.212 e. The van der Waals surface area contributed by atoms with E-state index in [4.69, 9.17) is 11.6 Å². The van der Waals surface area contributed by atoms with Crippen molar-refractivity contribution in [3.63, 3.8) is 0 Å². The van der Waals surface area contributed by atoms with Crippen LogP contribution in [0.2, 0.25) is 5.02 Å². The second-order valence-corrected chi connectivity index (χ2v) is 4.77. The fourth-order valence-electron chi connectivity index (χ4n) is 1.31. The third-order valence-corrected chi connectivity index (χ3v) is 3.20. The van der Waals surface area contributed by atoms with Gasteiger partial charge in [-0.1, -0.05) is 17.7 Å². The van der Waals surface area contributed by atoms with Gasteiger partial charge in [-0.15, -0.1) is 0 Å². The monoisotopic (exact) mass is 343 g/mol. The van der Waals surface area contributed by atoms with Crippen LogP contribution in [0.25, 0.3) is 0 Å². The van der Waals surface area contributed by atoms with E-state index in [-0.39, 0.29) is 5.78 Å². The number of benzene rings is 1. The molecule has 1 aromatic heterocycles. The maximum Gasteiger partial charge on any atom is 0.212 e. The molecule has 80 valence electrons. The zero-order valence-corrected chi connectivity index (χ0v) is 11.1. The Morgan fingerprint density at radius 2 is 2.06 bits per heavy atom. The van der Waals surface area contributed by atoms with Gasteiger partial charge in [-0.3, -0.25) is 9.78 Å². The summed E-state index contributed by atoms with van der Waals surface area (Å²) in [4.78, 5) is 16.1. The Labute approximate surface area is 112 Å². The van der Waals surface area contributed by atoms with Crippen LogP contribution in [0.1, 0.15) is 16.1 Å². The lowest BCUT2D eigenvalue weighted by Gasteiger charge is -2.03. The van der Waals surface area contributed by atoms with E-state index in [0.29, 0.717) is 16.3 Å². The van der Waals surface area contributed by atoms with Gasteiger partial charge in [0.2, 0.25) is 5.78 Å². The fourth-order valence-corrected chi connectivity index (χ4v) is 2.43. The summed E-state index contributed by atoms with van der Waals surface area (Å²) in [5, 5.41) is 0.627. The first-order chi connectivity index (χ1) is 7.68. The van der Waals surface area contributed by atoms with Crippen LogP contribution in [0.15, 0.2) is 42.6 Å².